The number of thiocarbonyl (C=S) groups is 1. The average Bonchev–Trinajstić information content (AvgIpc) is 2.72. The highest BCUT2D eigenvalue weighted by molar-refractivity contribution is 7.92. The molecule has 0 aliphatic carbocycles. The molecule has 3 N–H and O–H groups in total. The van der Waals surface area contributed by atoms with Crippen molar-refractivity contribution in [2.45, 2.75) is 17.7 Å². The Hall–Kier alpha value is -3.32. The van der Waals surface area contributed by atoms with Gasteiger partial charge in [0.15, 0.2) is 5.11 Å². The number of carbonyl (C=O) groups excluding carboxylic acids is 2. The molecule has 0 saturated heterocycles. The molecule has 0 unspecified atom stereocenters. The maximum atomic E-state index is 12.5. The summed E-state index contributed by atoms with van der Waals surface area (Å²) < 4.78 is 36.7. The van der Waals surface area contributed by atoms with Crippen molar-refractivity contribution in [2.75, 3.05) is 24.3 Å². The third-order valence-electron chi connectivity index (χ3n) is 3.55. The summed E-state index contributed by atoms with van der Waals surface area (Å²) >= 11 is 5.02. The van der Waals surface area contributed by atoms with Crippen LogP contribution in [0.25, 0.3) is 0 Å². The molecule has 0 aliphatic rings. The first-order chi connectivity index (χ1) is 14.2. The lowest BCUT2D eigenvalue weighted by Gasteiger charge is -2.11. The summed E-state index contributed by atoms with van der Waals surface area (Å²) in [5, 5.41) is 5.17. The Balaban J connectivity index is 1.95. The second-order valence-electron chi connectivity index (χ2n) is 5.65. The van der Waals surface area contributed by atoms with E-state index in [0.717, 1.165) is 0 Å². The van der Waals surface area contributed by atoms with Crippen molar-refractivity contribution >= 4 is 50.7 Å². The Morgan fingerprint density at radius 1 is 1.10 bits per heavy atom. The van der Waals surface area contributed by atoms with Crippen molar-refractivity contribution in [3.8, 4) is 5.88 Å². The van der Waals surface area contributed by atoms with Crippen LogP contribution in [0.2, 0.25) is 0 Å². The fourth-order valence-electron chi connectivity index (χ4n) is 2.09. The van der Waals surface area contributed by atoms with Crippen molar-refractivity contribution in [1.29, 1.82) is 0 Å². The first kappa shape index (κ1) is 23.0. The number of hydrogen-bond acceptors (Lipinski definition) is 9. The number of aromatic nitrogens is 2. The van der Waals surface area contributed by atoms with Crippen molar-refractivity contribution in [2.24, 2.45) is 0 Å². The molecule has 2 rings (SSSR count). The fraction of sp³-hybridized carbons (Fsp3) is 0.235. The van der Waals surface area contributed by atoms with Crippen molar-refractivity contribution in [1.82, 2.24) is 15.3 Å². The van der Waals surface area contributed by atoms with Crippen LogP contribution in [0.3, 0.4) is 0 Å². The van der Waals surface area contributed by atoms with E-state index >= 15 is 0 Å². The molecular weight excluding hydrogens is 434 g/mol. The number of benzene rings is 1. The van der Waals surface area contributed by atoms with Gasteiger partial charge in [-0.25, -0.2) is 18.4 Å². The second-order valence-corrected chi connectivity index (χ2v) is 7.74. The minimum absolute atomic E-state index is 0.00618. The predicted molar refractivity (Wildman–Crippen MR) is 111 cm³/mol. The van der Waals surface area contributed by atoms with Crippen LogP contribution in [0.4, 0.5) is 11.5 Å². The molecule has 0 bridgehead atoms. The lowest BCUT2D eigenvalue weighted by atomic mass is 10.3. The average molecular weight is 454 g/mol. The molecule has 160 valence electrons. The van der Waals surface area contributed by atoms with Crippen LogP contribution in [-0.2, 0) is 24.3 Å². The van der Waals surface area contributed by atoms with Gasteiger partial charge in [0.25, 0.3) is 10.0 Å². The molecule has 0 fully saturated rings. The van der Waals surface area contributed by atoms with E-state index in [4.69, 9.17) is 17.0 Å². The lowest BCUT2D eigenvalue weighted by molar-refractivity contribution is -0.142. The molecule has 0 aliphatic heterocycles. The topological polar surface area (TPSA) is 149 Å². The fourth-order valence-corrected chi connectivity index (χ4v) is 3.32. The zero-order chi connectivity index (χ0) is 22.1. The molecule has 11 nitrogen and oxygen atoms in total. The summed E-state index contributed by atoms with van der Waals surface area (Å²) in [5.74, 6) is -0.694. The Morgan fingerprint density at radius 2 is 1.80 bits per heavy atom. The minimum atomic E-state index is -3.89. The van der Waals surface area contributed by atoms with E-state index < -0.39 is 21.9 Å². The molecule has 0 atom stereocenters. The van der Waals surface area contributed by atoms with Crippen molar-refractivity contribution in [3.05, 3.63) is 36.7 Å². The van der Waals surface area contributed by atoms with E-state index in [1.807, 2.05) is 0 Å². The molecule has 0 radical (unpaired) electrons. The number of carbonyl (C=O) groups is 2. The predicted octanol–water partition coefficient (Wildman–Crippen LogP) is 1.05. The molecule has 1 aromatic carbocycles. The molecule has 13 heteroatoms. The van der Waals surface area contributed by atoms with E-state index in [0.29, 0.717) is 5.69 Å². The number of rotatable bonds is 8. The molecular formula is C17H19N5O6S2. The highest BCUT2D eigenvalue weighted by atomic mass is 32.2. The summed E-state index contributed by atoms with van der Waals surface area (Å²) in [6, 6.07) is 6.99. The maximum Gasteiger partial charge on any atom is 0.306 e. The normalized spacial score (nSPS) is 10.6. The van der Waals surface area contributed by atoms with Crippen LogP contribution >= 0.6 is 12.2 Å². The number of methoxy groups -OCH3 is 2. The lowest BCUT2D eigenvalue weighted by Crippen LogP contribution is -2.34. The Labute approximate surface area is 178 Å². The van der Waals surface area contributed by atoms with Crippen LogP contribution < -0.4 is 20.1 Å². The van der Waals surface area contributed by atoms with E-state index in [1.165, 1.54) is 50.9 Å². The van der Waals surface area contributed by atoms with Gasteiger partial charge in [0.2, 0.25) is 11.8 Å². The number of nitrogens with zero attached hydrogens (tertiary/aromatic N) is 2. The van der Waals surface area contributed by atoms with Gasteiger partial charge in [-0.1, -0.05) is 0 Å². The first-order valence-corrected chi connectivity index (χ1v) is 10.3. The number of anilines is 2. The van der Waals surface area contributed by atoms with Crippen LogP contribution in [0.15, 0.2) is 41.6 Å². The molecule has 2 aromatic rings. The van der Waals surface area contributed by atoms with Crippen LogP contribution in [0.1, 0.15) is 12.8 Å². The van der Waals surface area contributed by atoms with E-state index in [9.17, 15) is 18.0 Å². The maximum absolute atomic E-state index is 12.5. The minimum Gasteiger partial charge on any atom is -0.481 e. The zero-order valence-corrected chi connectivity index (χ0v) is 17.7. The summed E-state index contributed by atoms with van der Waals surface area (Å²) in [5.41, 5.74) is 0.455. The monoisotopic (exact) mass is 453 g/mol. The summed E-state index contributed by atoms with van der Waals surface area (Å²) in [6.07, 6.45) is 1.03. The number of sulfonamides is 1. The number of nitrogens with one attached hydrogen (secondary N) is 3. The summed E-state index contributed by atoms with van der Waals surface area (Å²) in [4.78, 5) is 30.4. The van der Waals surface area contributed by atoms with Crippen LogP contribution in [0.5, 0.6) is 5.88 Å². The largest absolute Gasteiger partial charge is 0.481 e. The molecule has 1 heterocycles. The Morgan fingerprint density at radius 3 is 2.43 bits per heavy atom. The third kappa shape index (κ3) is 6.93. The zero-order valence-electron chi connectivity index (χ0n) is 16.0. The highest BCUT2D eigenvalue weighted by Gasteiger charge is 2.16. The number of hydrogen-bond donors (Lipinski definition) is 3. The van der Waals surface area contributed by atoms with Gasteiger partial charge in [-0.2, -0.15) is 0 Å². The summed E-state index contributed by atoms with van der Waals surface area (Å²) in [6.45, 7) is 0. The SMILES string of the molecule is COC(=O)CCC(=O)NC(=S)Nc1ccc(S(=O)(=O)Nc2cc(OC)ncn2)cc1. The number of ether oxygens (including phenoxy) is 2. The third-order valence-corrected chi connectivity index (χ3v) is 5.12. The van der Waals surface area contributed by atoms with Gasteiger partial charge in [0.1, 0.15) is 12.1 Å². The van der Waals surface area contributed by atoms with E-state index in [1.54, 1.807) is 0 Å². The van der Waals surface area contributed by atoms with Crippen LogP contribution in [-0.4, -0.2) is 49.6 Å². The quantitative estimate of drug-likeness (QED) is 0.391. The van der Waals surface area contributed by atoms with E-state index in [2.05, 4.69) is 30.1 Å². The molecule has 30 heavy (non-hydrogen) atoms. The standard InChI is InChI=1S/C17H19N5O6S2/c1-27-15-9-13(18-10-19-15)22-30(25,26)12-5-3-11(4-6-12)20-17(29)21-14(23)7-8-16(24)28-2/h3-6,9-10H,7-8H2,1-2H3,(H,18,19,22)(H2,20,21,23,29). The molecule has 1 amide bonds. The van der Waals surface area contributed by atoms with Gasteiger partial charge in [-0.05, 0) is 36.5 Å². The Bertz CT molecular complexity index is 1030. The molecule has 0 saturated carbocycles. The number of esters is 1. The Kier molecular flexibility index (Phi) is 8.00. The van der Waals surface area contributed by atoms with Gasteiger partial charge >= 0.3 is 5.97 Å². The van der Waals surface area contributed by atoms with Crippen molar-refractivity contribution in [3.63, 3.8) is 0 Å². The second kappa shape index (κ2) is 10.5. The van der Waals surface area contributed by atoms with Crippen molar-refractivity contribution < 1.29 is 27.5 Å². The summed E-state index contributed by atoms with van der Waals surface area (Å²) in [7, 11) is -1.26. The first-order valence-electron chi connectivity index (χ1n) is 8.40. The van der Waals surface area contributed by atoms with Crippen LogP contribution in [0, 0.1) is 0 Å². The highest BCUT2D eigenvalue weighted by Crippen LogP contribution is 2.18. The number of amides is 1. The van der Waals surface area contributed by atoms with Gasteiger partial charge in [-0.15, -0.1) is 0 Å². The molecule has 0 spiro atoms. The van der Waals surface area contributed by atoms with Gasteiger partial charge in [-0.3, -0.25) is 14.3 Å². The van der Waals surface area contributed by atoms with E-state index in [-0.39, 0.29) is 34.5 Å². The van der Waals surface area contributed by atoms with Gasteiger partial charge < -0.3 is 20.1 Å². The molecule has 1 aromatic heterocycles. The smallest absolute Gasteiger partial charge is 0.306 e. The van der Waals surface area contributed by atoms with Gasteiger partial charge in [0, 0.05) is 18.2 Å². The van der Waals surface area contributed by atoms with Gasteiger partial charge in [0.05, 0.1) is 25.5 Å².